The van der Waals surface area contributed by atoms with Crippen molar-refractivity contribution in [3.05, 3.63) is 105 Å². The maximum atomic E-state index is 13.7. The highest BCUT2D eigenvalue weighted by molar-refractivity contribution is 7.15. The van der Waals surface area contributed by atoms with Crippen LogP contribution in [0.1, 0.15) is 35.1 Å². The lowest BCUT2D eigenvalue weighted by molar-refractivity contribution is -0.120. The summed E-state index contributed by atoms with van der Waals surface area (Å²) in [5.74, 6) is -0.124. The number of nitrogens with zero attached hydrogens (tertiary/aromatic N) is 4. The lowest BCUT2D eigenvalue weighted by atomic mass is 10.1. The fourth-order valence-corrected chi connectivity index (χ4v) is 5.52. The number of benzene rings is 2. The fraction of sp³-hybridized carbons (Fsp3) is 0.241. The highest BCUT2D eigenvalue weighted by Crippen LogP contribution is 2.25. The number of carbonyl (C=O) groups excluding carboxylic acids is 1. The first-order chi connectivity index (χ1) is 18.0. The molecule has 37 heavy (non-hydrogen) atoms. The Kier molecular flexibility index (Phi) is 7.01. The summed E-state index contributed by atoms with van der Waals surface area (Å²) in [7, 11) is 0. The molecule has 0 aliphatic heterocycles. The first-order valence-electron chi connectivity index (χ1n) is 12.4. The third-order valence-corrected chi connectivity index (χ3v) is 7.36. The topological polar surface area (TPSA) is 81.3 Å². The molecule has 3 aromatic heterocycles. The zero-order chi connectivity index (χ0) is 25.9. The highest BCUT2D eigenvalue weighted by Gasteiger charge is 2.20. The van der Waals surface area contributed by atoms with Gasteiger partial charge in [0.2, 0.25) is 5.91 Å². The van der Waals surface area contributed by atoms with Gasteiger partial charge in [-0.1, -0.05) is 55.5 Å². The van der Waals surface area contributed by atoms with Gasteiger partial charge in [0, 0.05) is 23.3 Å². The first-order valence-corrected chi connectivity index (χ1v) is 13.3. The summed E-state index contributed by atoms with van der Waals surface area (Å²) in [6.45, 7) is 6.47. The molecule has 8 heteroatoms. The molecule has 0 atom stereocenters. The van der Waals surface area contributed by atoms with Crippen molar-refractivity contribution in [2.45, 2.75) is 40.0 Å². The molecule has 0 spiro atoms. The van der Waals surface area contributed by atoms with Crippen LogP contribution < -0.4 is 10.9 Å². The summed E-state index contributed by atoms with van der Waals surface area (Å²) in [6, 6.07) is 20.1. The third kappa shape index (κ3) is 4.97. The summed E-state index contributed by atoms with van der Waals surface area (Å²) in [6.07, 6.45) is 1.74. The number of carbonyl (C=O) groups is 1. The Morgan fingerprint density at radius 2 is 1.81 bits per heavy atom. The minimum Gasteiger partial charge on any atom is -0.355 e. The minimum absolute atomic E-state index is 0.107. The second-order valence-electron chi connectivity index (χ2n) is 9.05. The van der Waals surface area contributed by atoms with E-state index >= 15 is 0 Å². The molecule has 5 aromatic rings. The zero-order valence-electron chi connectivity index (χ0n) is 21.2. The van der Waals surface area contributed by atoms with Gasteiger partial charge in [-0.15, -0.1) is 11.3 Å². The predicted molar refractivity (Wildman–Crippen MR) is 148 cm³/mol. The van der Waals surface area contributed by atoms with Crippen molar-refractivity contribution < 1.29 is 4.79 Å². The Morgan fingerprint density at radius 1 is 1.05 bits per heavy atom. The van der Waals surface area contributed by atoms with Gasteiger partial charge in [0.25, 0.3) is 5.56 Å². The number of aromatic nitrogens is 4. The van der Waals surface area contributed by atoms with Gasteiger partial charge >= 0.3 is 0 Å². The molecular formula is C29H29N5O2S. The van der Waals surface area contributed by atoms with Crippen LogP contribution >= 0.6 is 11.3 Å². The smallest absolute Gasteiger partial charge is 0.268 e. The van der Waals surface area contributed by atoms with E-state index in [2.05, 4.69) is 23.3 Å². The molecule has 2 aromatic carbocycles. The summed E-state index contributed by atoms with van der Waals surface area (Å²) in [5, 5.41) is 9.62. The van der Waals surface area contributed by atoms with Gasteiger partial charge in [-0.2, -0.15) is 5.10 Å². The van der Waals surface area contributed by atoms with Gasteiger partial charge < -0.3 is 5.32 Å². The number of fused-ring (bicyclic) bond motifs is 1. The number of para-hydroxylation sites is 1. The highest BCUT2D eigenvalue weighted by atomic mass is 32.1. The second-order valence-corrected chi connectivity index (χ2v) is 9.89. The molecule has 3 heterocycles. The van der Waals surface area contributed by atoms with E-state index in [1.54, 1.807) is 4.40 Å². The van der Waals surface area contributed by atoms with Crippen LogP contribution in [0.5, 0.6) is 0 Å². The molecule has 1 amide bonds. The van der Waals surface area contributed by atoms with E-state index < -0.39 is 0 Å². The van der Waals surface area contributed by atoms with Crippen molar-refractivity contribution in [3.8, 4) is 16.9 Å². The van der Waals surface area contributed by atoms with Gasteiger partial charge in [-0.3, -0.25) is 14.0 Å². The maximum absolute atomic E-state index is 13.7. The number of thiazole rings is 1. The molecule has 0 fully saturated rings. The quantitative estimate of drug-likeness (QED) is 0.328. The van der Waals surface area contributed by atoms with Crippen molar-refractivity contribution in [1.82, 2.24) is 24.5 Å². The molecule has 5 rings (SSSR count). The third-order valence-electron chi connectivity index (χ3n) is 6.49. The van der Waals surface area contributed by atoms with Crippen LogP contribution in [0, 0.1) is 13.8 Å². The normalized spacial score (nSPS) is 11.2. The van der Waals surface area contributed by atoms with Crippen molar-refractivity contribution in [3.63, 3.8) is 0 Å². The Labute approximate surface area is 219 Å². The molecular weight excluding hydrogens is 482 g/mol. The zero-order valence-corrected chi connectivity index (χ0v) is 22.0. The lowest BCUT2D eigenvalue weighted by Gasteiger charge is -2.09. The average Bonchev–Trinajstić information content (AvgIpc) is 3.47. The number of hydrogen-bond acceptors (Lipinski definition) is 5. The van der Waals surface area contributed by atoms with Crippen molar-refractivity contribution in [2.24, 2.45) is 0 Å². The van der Waals surface area contributed by atoms with Crippen molar-refractivity contribution in [1.29, 1.82) is 0 Å². The van der Waals surface area contributed by atoms with E-state index in [-0.39, 0.29) is 17.9 Å². The monoisotopic (exact) mass is 511 g/mol. The summed E-state index contributed by atoms with van der Waals surface area (Å²) >= 11 is 1.37. The number of aryl methyl sites for hydroxylation is 3. The van der Waals surface area contributed by atoms with Crippen molar-refractivity contribution in [2.75, 3.05) is 6.54 Å². The van der Waals surface area contributed by atoms with E-state index in [0.29, 0.717) is 34.2 Å². The Hall–Kier alpha value is -4.04. The number of amides is 1. The van der Waals surface area contributed by atoms with E-state index in [0.717, 1.165) is 24.2 Å². The second kappa shape index (κ2) is 10.5. The van der Waals surface area contributed by atoms with Gasteiger partial charge in [-0.25, -0.2) is 9.67 Å². The van der Waals surface area contributed by atoms with E-state index in [1.165, 1.54) is 22.5 Å². The number of nitrogens with one attached hydrogen (secondary N) is 1. The molecule has 0 bridgehead atoms. The van der Waals surface area contributed by atoms with Gasteiger partial charge in [0.1, 0.15) is 5.69 Å². The molecule has 0 aliphatic rings. The van der Waals surface area contributed by atoms with Gasteiger partial charge in [0.05, 0.1) is 23.4 Å². The first kappa shape index (κ1) is 24.6. The molecule has 188 valence electrons. The minimum atomic E-state index is -0.204. The molecule has 1 N–H and O–H groups in total. The molecule has 0 saturated carbocycles. The standard InChI is InChI=1S/C29H29N5O2S/c1-4-22-12-8-9-13-25(22)34-19(2)16-24(32-34)27-20(3)31-29-33(28(27)36)23(18-37-29)17-26(35)30-15-14-21-10-6-5-7-11-21/h5-13,16,18H,4,14-15,17H2,1-3H3,(H,30,35). The van der Waals surface area contributed by atoms with Crippen LogP contribution in [0.2, 0.25) is 0 Å². The summed E-state index contributed by atoms with van der Waals surface area (Å²) < 4.78 is 3.44. The van der Waals surface area contributed by atoms with E-state index in [1.807, 2.05) is 78.5 Å². The summed E-state index contributed by atoms with van der Waals surface area (Å²) in [4.78, 5) is 31.7. The molecule has 0 aliphatic carbocycles. The number of rotatable bonds is 8. The summed E-state index contributed by atoms with van der Waals surface area (Å²) in [5.41, 5.74) is 6.37. The van der Waals surface area contributed by atoms with Crippen LogP contribution in [-0.4, -0.2) is 31.6 Å². The van der Waals surface area contributed by atoms with Crippen LogP contribution in [-0.2, 0) is 24.1 Å². The van der Waals surface area contributed by atoms with Crippen LogP contribution in [0.25, 0.3) is 21.9 Å². The fourth-order valence-electron chi connectivity index (χ4n) is 4.60. The Bertz CT molecular complexity index is 1630. The van der Waals surface area contributed by atoms with E-state index in [4.69, 9.17) is 5.10 Å². The Balaban J connectivity index is 1.44. The predicted octanol–water partition coefficient (Wildman–Crippen LogP) is 4.69. The van der Waals surface area contributed by atoms with E-state index in [9.17, 15) is 9.59 Å². The number of hydrogen-bond donors (Lipinski definition) is 1. The maximum Gasteiger partial charge on any atom is 0.268 e. The Morgan fingerprint density at radius 3 is 2.59 bits per heavy atom. The largest absolute Gasteiger partial charge is 0.355 e. The van der Waals surface area contributed by atoms with Gasteiger partial charge in [0.15, 0.2) is 4.96 Å². The van der Waals surface area contributed by atoms with Crippen LogP contribution in [0.4, 0.5) is 0 Å². The van der Waals surface area contributed by atoms with Crippen LogP contribution in [0.15, 0.2) is 70.8 Å². The average molecular weight is 512 g/mol. The molecule has 0 radical (unpaired) electrons. The lowest BCUT2D eigenvalue weighted by Crippen LogP contribution is -2.29. The SMILES string of the molecule is CCc1ccccc1-n1nc(-c2c(C)nc3scc(CC(=O)NCCc4ccccc4)n3c2=O)cc1C. The van der Waals surface area contributed by atoms with Crippen molar-refractivity contribution >= 4 is 22.2 Å². The van der Waals surface area contributed by atoms with Gasteiger partial charge in [-0.05, 0) is 49.9 Å². The molecule has 7 nitrogen and oxygen atoms in total. The molecule has 0 saturated heterocycles. The molecule has 0 unspecified atom stereocenters. The van der Waals surface area contributed by atoms with Crippen LogP contribution in [0.3, 0.4) is 0 Å².